The van der Waals surface area contributed by atoms with E-state index in [0.29, 0.717) is 30.9 Å². The summed E-state index contributed by atoms with van der Waals surface area (Å²) in [6.07, 6.45) is 2.48. The third-order valence-corrected chi connectivity index (χ3v) is 4.59. The van der Waals surface area contributed by atoms with Crippen molar-refractivity contribution in [3.05, 3.63) is 65.7 Å². The number of methoxy groups -OCH3 is 1. The van der Waals surface area contributed by atoms with Gasteiger partial charge in [0.2, 0.25) is 0 Å². The van der Waals surface area contributed by atoms with Crippen LogP contribution in [0.5, 0.6) is 5.75 Å². The zero-order valence-corrected chi connectivity index (χ0v) is 14.9. The second-order valence-electron chi connectivity index (χ2n) is 6.33. The zero-order chi connectivity index (χ0) is 18.4. The van der Waals surface area contributed by atoms with Gasteiger partial charge in [-0.15, -0.1) is 0 Å². The molecule has 1 unspecified atom stereocenters. The van der Waals surface area contributed by atoms with E-state index in [1.807, 2.05) is 30.3 Å². The van der Waals surface area contributed by atoms with Crippen LogP contribution >= 0.6 is 0 Å². The Labute approximate surface area is 153 Å². The van der Waals surface area contributed by atoms with Crippen molar-refractivity contribution in [2.24, 2.45) is 0 Å². The molecule has 0 aliphatic carbocycles. The lowest BCUT2D eigenvalue weighted by Crippen LogP contribution is -2.48. The summed E-state index contributed by atoms with van der Waals surface area (Å²) in [5, 5.41) is 0. The summed E-state index contributed by atoms with van der Waals surface area (Å²) >= 11 is 0. The van der Waals surface area contributed by atoms with Crippen LogP contribution in [0.3, 0.4) is 0 Å². The van der Waals surface area contributed by atoms with Crippen LogP contribution in [0.4, 0.5) is 0 Å². The van der Waals surface area contributed by atoms with Crippen LogP contribution in [-0.2, 0) is 16.1 Å². The summed E-state index contributed by atoms with van der Waals surface area (Å²) < 4.78 is 10.6. The number of benzene rings is 2. The predicted molar refractivity (Wildman–Crippen MR) is 97.9 cm³/mol. The molecule has 0 saturated carbocycles. The number of ether oxygens (including phenoxy) is 2. The van der Waals surface area contributed by atoms with Gasteiger partial charge >= 0.3 is 5.97 Å². The predicted octanol–water partition coefficient (Wildman–Crippen LogP) is 3.43. The lowest BCUT2D eigenvalue weighted by Gasteiger charge is -2.33. The average Bonchev–Trinajstić information content (AvgIpc) is 2.72. The van der Waals surface area contributed by atoms with Crippen molar-refractivity contribution in [2.45, 2.75) is 31.9 Å². The maximum absolute atomic E-state index is 12.8. The highest BCUT2D eigenvalue weighted by atomic mass is 16.5. The van der Waals surface area contributed by atoms with E-state index >= 15 is 0 Å². The minimum atomic E-state index is -0.491. The number of hydrogen-bond donors (Lipinski definition) is 0. The molecule has 0 spiro atoms. The molecule has 1 aliphatic rings. The molecule has 3 rings (SSSR count). The van der Waals surface area contributed by atoms with Crippen LogP contribution in [-0.4, -0.2) is 36.5 Å². The van der Waals surface area contributed by atoms with Gasteiger partial charge in [-0.05, 0) is 49.1 Å². The highest BCUT2D eigenvalue weighted by molar-refractivity contribution is 5.97. The smallest absolute Gasteiger partial charge is 0.328 e. The van der Waals surface area contributed by atoms with E-state index in [2.05, 4.69) is 0 Å². The highest BCUT2D eigenvalue weighted by Gasteiger charge is 2.33. The molecule has 0 aromatic heterocycles. The van der Waals surface area contributed by atoms with Gasteiger partial charge in [0.05, 0.1) is 7.11 Å². The molecule has 1 fully saturated rings. The number of likely N-dealkylation sites (tertiary alicyclic amines) is 1. The maximum Gasteiger partial charge on any atom is 0.328 e. The standard InChI is InChI=1S/C21H23NO4/c1-25-21(24)19-9-5-6-14-22(19)20(23)17-10-12-18(13-11-17)26-15-16-7-3-2-4-8-16/h2-4,7-8,10-13,19H,5-6,9,14-15H2,1H3. The van der Waals surface area contributed by atoms with Crippen molar-refractivity contribution in [2.75, 3.05) is 13.7 Å². The van der Waals surface area contributed by atoms with Gasteiger partial charge in [-0.25, -0.2) is 4.79 Å². The first kappa shape index (κ1) is 18.0. The first-order valence-corrected chi connectivity index (χ1v) is 8.84. The Morgan fingerprint density at radius 2 is 1.77 bits per heavy atom. The van der Waals surface area contributed by atoms with Crippen LogP contribution in [0.2, 0.25) is 0 Å². The molecule has 2 aromatic rings. The largest absolute Gasteiger partial charge is 0.489 e. The van der Waals surface area contributed by atoms with Gasteiger partial charge in [-0.3, -0.25) is 4.79 Å². The lowest BCUT2D eigenvalue weighted by atomic mass is 10.0. The van der Waals surface area contributed by atoms with Gasteiger partial charge in [-0.2, -0.15) is 0 Å². The average molecular weight is 353 g/mol. The molecule has 26 heavy (non-hydrogen) atoms. The number of nitrogens with zero attached hydrogens (tertiary/aromatic N) is 1. The molecule has 0 radical (unpaired) electrons. The van der Waals surface area contributed by atoms with Crippen LogP contribution in [0.1, 0.15) is 35.2 Å². The summed E-state index contributed by atoms with van der Waals surface area (Å²) in [5.74, 6) is 0.212. The van der Waals surface area contributed by atoms with Crippen molar-refractivity contribution < 1.29 is 19.1 Å². The first-order chi connectivity index (χ1) is 12.7. The Hall–Kier alpha value is -2.82. The van der Waals surface area contributed by atoms with E-state index in [9.17, 15) is 9.59 Å². The van der Waals surface area contributed by atoms with Gasteiger partial charge in [0.1, 0.15) is 18.4 Å². The number of rotatable bonds is 5. The molecule has 5 nitrogen and oxygen atoms in total. The van der Waals surface area contributed by atoms with Crippen molar-refractivity contribution in [3.63, 3.8) is 0 Å². The molecule has 0 bridgehead atoms. The number of hydrogen-bond acceptors (Lipinski definition) is 4. The van der Waals surface area contributed by atoms with Crippen LogP contribution < -0.4 is 4.74 Å². The number of carbonyl (C=O) groups is 2. The molecule has 1 aliphatic heterocycles. The van der Waals surface area contributed by atoms with E-state index in [0.717, 1.165) is 18.4 Å². The molecule has 1 amide bonds. The fourth-order valence-corrected chi connectivity index (χ4v) is 3.16. The minimum Gasteiger partial charge on any atom is -0.489 e. The Kier molecular flexibility index (Phi) is 5.89. The molecular weight excluding hydrogens is 330 g/mol. The molecule has 136 valence electrons. The number of carbonyl (C=O) groups excluding carboxylic acids is 2. The molecule has 1 atom stereocenters. The van der Waals surface area contributed by atoms with E-state index in [4.69, 9.17) is 9.47 Å². The monoisotopic (exact) mass is 353 g/mol. The van der Waals surface area contributed by atoms with Crippen LogP contribution in [0, 0.1) is 0 Å². The Morgan fingerprint density at radius 1 is 1.04 bits per heavy atom. The van der Waals surface area contributed by atoms with Gasteiger partial charge in [-0.1, -0.05) is 30.3 Å². The molecule has 2 aromatic carbocycles. The normalized spacial score (nSPS) is 16.8. The topological polar surface area (TPSA) is 55.8 Å². The summed E-state index contributed by atoms with van der Waals surface area (Å²) in [4.78, 5) is 26.4. The summed E-state index contributed by atoms with van der Waals surface area (Å²) in [6, 6.07) is 16.5. The van der Waals surface area contributed by atoms with E-state index in [1.165, 1.54) is 7.11 Å². The minimum absolute atomic E-state index is 0.144. The number of piperidine rings is 1. The molecule has 0 N–H and O–H groups in total. The third kappa shape index (κ3) is 4.23. The third-order valence-electron chi connectivity index (χ3n) is 4.59. The Bertz CT molecular complexity index is 742. The van der Waals surface area contributed by atoms with Crippen molar-refractivity contribution in [3.8, 4) is 5.75 Å². The van der Waals surface area contributed by atoms with Gasteiger partial charge in [0.25, 0.3) is 5.91 Å². The van der Waals surface area contributed by atoms with Gasteiger partial charge in [0.15, 0.2) is 0 Å². The Morgan fingerprint density at radius 3 is 2.46 bits per heavy atom. The SMILES string of the molecule is COC(=O)C1CCCCN1C(=O)c1ccc(OCc2ccccc2)cc1. The zero-order valence-electron chi connectivity index (χ0n) is 14.9. The van der Waals surface area contributed by atoms with Gasteiger partial charge in [0, 0.05) is 12.1 Å². The Balaban J connectivity index is 1.65. The first-order valence-electron chi connectivity index (χ1n) is 8.84. The number of amides is 1. The van der Waals surface area contributed by atoms with Gasteiger partial charge < -0.3 is 14.4 Å². The van der Waals surface area contributed by atoms with E-state index in [1.54, 1.807) is 29.2 Å². The fraction of sp³-hybridized carbons (Fsp3) is 0.333. The lowest BCUT2D eigenvalue weighted by molar-refractivity contribution is -0.147. The summed E-state index contributed by atoms with van der Waals surface area (Å²) in [6.45, 7) is 1.05. The van der Waals surface area contributed by atoms with E-state index < -0.39 is 6.04 Å². The molecular formula is C21H23NO4. The second-order valence-corrected chi connectivity index (χ2v) is 6.33. The van der Waals surface area contributed by atoms with E-state index in [-0.39, 0.29) is 11.9 Å². The quantitative estimate of drug-likeness (QED) is 0.773. The van der Waals surface area contributed by atoms with Crippen LogP contribution in [0.25, 0.3) is 0 Å². The van der Waals surface area contributed by atoms with Crippen LogP contribution in [0.15, 0.2) is 54.6 Å². The molecule has 1 saturated heterocycles. The molecule has 1 heterocycles. The maximum atomic E-state index is 12.8. The van der Waals surface area contributed by atoms with Crippen molar-refractivity contribution in [1.82, 2.24) is 4.90 Å². The van der Waals surface area contributed by atoms with Crippen molar-refractivity contribution >= 4 is 11.9 Å². The summed E-state index contributed by atoms with van der Waals surface area (Å²) in [7, 11) is 1.36. The number of esters is 1. The summed E-state index contributed by atoms with van der Waals surface area (Å²) in [5.41, 5.74) is 1.63. The second kappa shape index (κ2) is 8.52. The fourth-order valence-electron chi connectivity index (χ4n) is 3.16. The van der Waals surface area contributed by atoms with Crippen molar-refractivity contribution in [1.29, 1.82) is 0 Å². The highest BCUT2D eigenvalue weighted by Crippen LogP contribution is 2.22. The molecule has 5 heteroatoms.